The Morgan fingerprint density at radius 3 is 2.32 bits per heavy atom. The molecule has 1 atom stereocenters. The van der Waals surface area contributed by atoms with E-state index in [2.05, 4.69) is 0 Å². The second-order valence-corrected chi connectivity index (χ2v) is 9.35. The number of nitrogens with zero attached hydrogens (tertiary/aromatic N) is 1. The predicted molar refractivity (Wildman–Crippen MR) is 103 cm³/mol. The van der Waals surface area contributed by atoms with E-state index < -0.39 is 28.3 Å². The summed E-state index contributed by atoms with van der Waals surface area (Å²) in [4.78, 5) is 25.9. The van der Waals surface area contributed by atoms with Crippen LogP contribution in [0, 0.1) is 5.92 Å². The van der Waals surface area contributed by atoms with Crippen LogP contribution in [0.1, 0.15) is 20.3 Å². The molecule has 1 aliphatic rings. The van der Waals surface area contributed by atoms with Crippen LogP contribution in [0.5, 0.6) is 11.5 Å². The number of hydrogen-bond donors (Lipinski definition) is 0. The van der Waals surface area contributed by atoms with E-state index in [-0.39, 0.29) is 30.1 Å². The molecule has 8 nitrogen and oxygen atoms in total. The fourth-order valence-corrected chi connectivity index (χ4v) is 4.68. The van der Waals surface area contributed by atoms with Gasteiger partial charge in [-0.3, -0.25) is 4.79 Å². The van der Waals surface area contributed by atoms with E-state index >= 15 is 0 Å². The quantitative estimate of drug-likeness (QED) is 0.563. The molecule has 28 heavy (non-hydrogen) atoms. The number of benzene rings is 1. The average Bonchev–Trinajstić information content (AvgIpc) is 3.02. The van der Waals surface area contributed by atoms with E-state index in [0.29, 0.717) is 24.5 Å². The van der Waals surface area contributed by atoms with Crippen molar-refractivity contribution in [3.05, 3.63) is 24.3 Å². The van der Waals surface area contributed by atoms with E-state index in [1.54, 1.807) is 31.4 Å². The van der Waals surface area contributed by atoms with E-state index in [1.165, 1.54) is 4.90 Å². The molecular formula is C19H27NO7S. The van der Waals surface area contributed by atoms with Crippen LogP contribution in [0.4, 0.5) is 0 Å². The number of hydrogen-bond acceptors (Lipinski definition) is 7. The highest BCUT2D eigenvalue weighted by Crippen LogP contribution is 2.20. The van der Waals surface area contributed by atoms with Gasteiger partial charge in [-0.05, 0) is 36.6 Å². The topological polar surface area (TPSA) is 99.2 Å². The van der Waals surface area contributed by atoms with Crippen LogP contribution < -0.4 is 9.47 Å². The number of ether oxygens (including phenoxy) is 3. The monoisotopic (exact) mass is 413 g/mol. The summed E-state index contributed by atoms with van der Waals surface area (Å²) in [6.45, 7) is 3.53. The van der Waals surface area contributed by atoms with Crippen molar-refractivity contribution in [3.63, 3.8) is 0 Å². The Bertz CT molecular complexity index is 774. The summed E-state index contributed by atoms with van der Waals surface area (Å²) in [5.41, 5.74) is 0. The molecule has 1 heterocycles. The molecule has 9 heteroatoms. The van der Waals surface area contributed by atoms with Gasteiger partial charge in [0.1, 0.15) is 11.5 Å². The van der Waals surface area contributed by atoms with Crippen LogP contribution in [-0.2, 0) is 24.2 Å². The number of carbonyl (C=O) groups excluding carboxylic acids is 2. The SMILES string of the molecule is COc1ccc(OCC(=O)OCC(=O)N(CC(C)C)[C@@H]2CCS(=O)(=O)C2)cc1. The maximum Gasteiger partial charge on any atom is 0.344 e. The molecule has 0 spiro atoms. The molecule has 156 valence electrons. The molecule has 2 rings (SSSR count). The summed E-state index contributed by atoms with van der Waals surface area (Å²) >= 11 is 0. The average molecular weight is 413 g/mol. The molecule has 0 unspecified atom stereocenters. The molecule has 0 saturated carbocycles. The third kappa shape index (κ3) is 6.70. The van der Waals surface area contributed by atoms with Gasteiger partial charge in [0.25, 0.3) is 5.91 Å². The summed E-state index contributed by atoms with van der Waals surface area (Å²) in [6, 6.07) is 6.34. The number of sulfone groups is 1. The standard InChI is InChI=1S/C19H27NO7S/c1-14(2)10-20(15-8-9-28(23,24)13-15)18(21)11-27-19(22)12-26-17-6-4-16(25-3)5-7-17/h4-7,14-15H,8-13H2,1-3H3/t15-/m1/s1. The largest absolute Gasteiger partial charge is 0.497 e. The maximum absolute atomic E-state index is 12.5. The second kappa shape index (κ2) is 9.77. The molecule has 1 aromatic carbocycles. The van der Waals surface area contributed by atoms with Crippen molar-refractivity contribution >= 4 is 21.7 Å². The maximum atomic E-state index is 12.5. The van der Waals surface area contributed by atoms with Gasteiger partial charge in [-0.2, -0.15) is 0 Å². The lowest BCUT2D eigenvalue weighted by Crippen LogP contribution is -2.45. The lowest BCUT2D eigenvalue weighted by Gasteiger charge is -2.29. The third-order valence-corrected chi connectivity index (χ3v) is 6.05. The lowest BCUT2D eigenvalue weighted by atomic mass is 10.1. The molecule has 1 fully saturated rings. The Kier molecular flexibility index (Phi) is 7.68. The Hall–Kier alpha value is -2.29. The molecule has 0 bridgehead atoms. The van der Waals surface area contributed by atoms with Crippen molar-refractivity contribution in [2.45, 2.75) is 26.3 Å². The van der Waals surface area contributed by atoms with Crippen LogP contribution >= 0.6 is 0 Å². The van der Waals surface area contributed by atoms with E-state index in [0.717, 1.165) is 0 Å². The molecule has 0 N–H and O–H groups in total. The first-order valence-electron chi connectivity index (χ1n) is 9.12. The molecule has 0 aromatic heterocycles. The third-order valence-electron chi connectivity index (χ3n) is 4.30. The zero-order chi connectivity index (χ0) is 20.7. The fraction of sp³-hybridized carbons (Fsp3) is 0.579. The van der Waals surface area contributed by atoms with Crippen LogP contribution in [-0.4, -0.2) is 69.6 Å². The molecule has 0 radical (unpaired) electrons. The molecule has 0 aliphatic carbocycles. The highest BCUT2D eigenvalue weighted by atomic mass is 32.2. The van der Waals surface area contributed by atoms with Crippen molar-refractivity contribution in [3.8, 4) is 11.5 Å². The summed E-state index contributed by atoms with van der Waals surface area (Å²) in [6.07, 6.45) is 0.412. The van der Waals surface area contributed by atoms with Crippen LogP contribution in [0.3, 0.4) is 0 Å². The summed E-state index contributed by atoms with van der Waals surface area (Å²) in [7, 11) is -1.57. The highest BCUT2D eigenvalue weighted by molar-refractivity contribution is 7.91. The molecule has 1 aliphatic heterocycles. The zero-order valence-electron chi connectivity index (χ0n) is 16.4. The Labute approximate surface area is 165 Å². The summed E-state index contributed by atoms with van der Waals surface area (Å²) < 4.78 is 38.8. The van der Waals surface area contributed by atoms with Crippen molar-refractivity contribution in [2.24, 2.45) is 5.92 Å². The second-order valence-electron chi connectivity index (χ2n) is 7.12. The van der Waals surface area contributed by atoms with E-state index in [4.69, 9.17) is 14.2 Å². The van der Waals surface area contributed by atoms with Crippen molar-refractivity contribution in [1.82, 2.24) is 4.90 Å². The van der Waals surface area contributed by atoms with Gasteiger partial charge in [0, 0.05) is 12.6 Å². The zero-order valence-corrected chi connectivity index (χ0v) is 17.2. The molecule has 1 saturated heterocycles. The van der Waals surface area contributed by atoms with Gasteiger partial charge >= 0.3 is 5.97 Å². The molecular weight excluding hydrogens is 386 g/mol. The van der Waals surface area contributed by atoms with E-state index in [9.17, 15) is 18.0 Å². The number of carbonyl (C=O) groups is 2. The first-order valence-corrected chi connectivity index (χ1v) is 10.9. The number of methoxy groups -OCH3 is 1. The number of amides is 1. The first kappa shape index (κ1) is 22.0. The number of esters is 1. The smallest absolute Gasteiger partial charge is 0.344 e. The van der Waals surface area contributed by atoms with Crippen molar-refractivity contribution < 1.29 is 32.2 Å². The van der Waals surface area contributed by atoms with Crippen molar-refractivity contribution in [2.75, 3.05) is 38.4 Å². The van der Waals surface area contributed by atoms with Crippen LogP contribution in [0.15, 0.2) is 24.3 Å². The van der Waals surface area contributed by atoms with Gasteiger partial charge in [-0.1, -0.05) is 13.8 Å². The summed E-state index contributed by atoms with van der Waals surface area (Å²) in [5, 5.41) is 0. The van der Waals surface area contributed by atoms with Crippen molar-refractivity contribution in [1.29, 1.82) is 0 Å². The minimum atomic E-state index is -3.12. The fourth-order valence-electron chi connectivity index (χ4n) is 2.95. The first-order chi connectivity index (χ1) is 13.2. The van der Waals surface area contributed by atoms with Gasteiger partial charge in [0.05, 0.1) is 18.6 Å². The normalized spacial score (nSPS) is 17.9. The van der Waals surface area contributed by atoms with E-state index in [1.807, 2.05) is 13.8 Å². The Balaban J connectivity index is 1.84. The predicted octanol–water partition coefficient (Wildman–Crippen LogP) is 1.29. The van der Waals surface area contributed by atoms with Gasteiger partial charge in [0.2, 0.25) is 0 Å². The van der Waals surface area contributed by atoms with Crippen LogP contribution in [0.25, 0.3) is 0 Å². The van der Waals surface area contributed by atoms with Crippen LogP contribution in [0.2, 0.25) is 0 Å². The number of rotatable bonds is 9. The van der Waals surface area contributed by atoms with Gasteiger partial charge in [0.15, 0.2) is 23.1 Å². The van der Waals surface area contributed by atoms with Gasteiger partial charge < -0.3 is 19.1 Å². The van der Waals surface area contributed by atoms with Gasteiger partial charge in [-0.25, -0.2) is 13.2 Å². The minimum absolute atomic E-state index is 0.0417. The molecule has 1 amide bonds. The minimum Gasteiger partial charge on any atom is -0.497 e. The Morgan fingerprint density at radius 1 is 1.14 bits per heavy atom. The summed E-state index contributed by atoms with van der Waals surface area (Å²) in [5.74, 6) is 0.277. The van der Waals surface area contributed by atoms with Gasteiger partial charge in [-0.15, -0.1) is 0 Å². The lowest BCUT2D eigenvalue weighted by molar-refractivity contribution is -0.154. The Morgan fingerprint density at radius 2 is 1.79 bits per heavy atom. The highest BCUT2D eigenvalue weighted by Gasteiger charge is 2.35. The molecule has 1 aromatic rings.